The predicted molar refractivity (Wildman–Crippen MR) is 148 cm³/mol. The van der Waals surface area contributed by atoms with Crippen molar-refractivity contribution in [2.75, 3.05) is 19.6 Å². The van der Waals surface area contributed by atoms with E-state index in [-0.39, 0.29) is 31.6 Å². The maximum absolute atomic E-state index is 14.5. The smallest absolute Gasteiger partial charge is 0.534 e. The van der Waals surface area contributed by atoms with Gasteiger partial charge in [0, 0.05) is 30.7 Å². The average molecular weight is 652 g/mol. The molecular formula is C26H25BClF2N5O10. The number of halogens is 3. The lowest BCUT2D eigenvalue weighted by molar-refractivity contribution is -0.154. The van der Waals surface area contributed by atoms with Gasteiger partial charge in [-0.1, -0.05) is 17.7 Å². The van der Waals surface area contributed by atoms with Crippen molar-refractivity contribution in [1.29, 1.82) is 0 Å². The second kappa shape index (κ2) is 11.7. The molecule has 45 heavy (non-hydrogen) atoms. The lowest BCUT2D eigenvalue weighted by Crippen LogP contribution is -2.61. The molecule has 2 atom stereocenters. The Labute approximate surface area is 257 Å². The Morgan fingerprint density at radius 1 is 1.13 bits per heavy atom. The van der Waals surface area contributed by atoms with Gasteiger partial charge in [-0.15, -0.1) is 0 Å². The zero-order chi connectivity index (χ0) is 33.0. The molecule has 0 spiro atoms. The number of urea groups is 1. The molecule has 1 aliphatic carbocycles. The largest absolute Gasteiger partial charge is 0.547 e. The fourth-order valence-electron chi connectivity index (χ4n) is 5.06. The van der Waals surface area contributed by atoms with Crippen LogP contribution in [0.4, 0.5) is 13.6 Å². The fourth-order valence-corrected chi connectivity index (χ4v) is 5.31. The average Bonchev–Trinajstić information content (AvgIpc) is 3.71. The molecule has 1 saturated carbocycles. The molecule has 15 nitrogen and oxygen atoms in total. The number of carbonyl (C=O) groups is 5. The van der Waals surface area contributed by atoms with E-state index in [4.69, 9.17) is 22.0 Å². The number of carboxylic acids is 1. The predicted octanol–water partition coefficient (Wildman–Crippen LogP) is -0.220. The number of rotatable bonds is 7. The summed E-state index contributed by atoms with van der Waals surface area (Å²) in [6.45, 7) is -0.249. The highest BCUT2D eigenvalue weighted by Gasteiger charge is 2.46. The first-order valence-electron chi connectivity index (χ1n) is 13.4. The minimum absolute atomic E-state index is 0.0624. The van der Waals surface area contributed by atoms with Crippen molar-refractivity contribution < 1.29 is 57.8 Å². The number of aromatic carboxylic acids is 1. The van der Waals surface area contributed by atoms with Gasteiger partial charge in [0.2, 0.25) is 5.91 Å². The molecule has 2 aliphatic heterocycles. The summed E-state index contributed by atoms with van der Waals surface area (Å²) in [7, 11) is -1.94. The Morgan fingerprint density at radius 3 is 2.47 bits per heavy atom. The number of aromatic hydroxyl groups is 2. The summed E-state index contributed by atoms with van der Waals surface area (Å²) in [6, 6.07) is -0.735. The number of carbonyl (C=O) groups excluding carboxylic acids is 4. The number of benzene rings is 2. The highest BCUT2D eigenvalue weighted by atomic mass is 35.5. The molecule has 5 rings (SSSR count). The molecule has 2 fully saturated rings. The Morgan fingerprint density at radius 2 is 1.82 bits per heavy atom. The minimum atomic E-state index is -2.01. The summed E-state index contributed by atoms with van der Waals surface area (Å²) < 4.78 is 33.8. The van der Waals surface area contributed by atoms with Crippen LogP contribution in [0.3, 0.4) is 0 Å². The van der Waals surface area contributed by atoms with E-state index in [2.05, 4.69) is 10.6 Å². The Hall–Kier alpha value is -4.68. The molecular weight excluding hydrogens is 627 g/mol. The lowest BCUT2D eigenvalue weighted by atomic mass is 9.72. The third-order valence-electron chi connectivity index (χ3n) is 7.74. The van der Waals surface area contributed by atoms with Crippen LogP contribution in [-0.2, 0) is 20.8 Å². The summed E-state index contributed by atoms with van der Waals surface area (Å²) in [5.41, 5.74) is 4.08. The van der Waals surface area contributed by atoms with E-state index in [1.807, 2.05) is 0 Å². The van der Waals surface area contributed by atoms with E-state index >= 15 is 0 Å². The van der Waals surface area contributed by atoms with Crippen molar-refractivity contribution in [2.45, 2.75) is 36.8 Å². The second-order valence-corrected chi connectivity index (χ2v) is 11.3. The Balaban J connectivity index is 1.40. The van der Waals surface area contributed by atoms with Gasteiger partial charge < -0.3 is 46.3 Å². The van der Waals surface area contributed by atoms with Gasteiger partial charge in [-0.3, -0.25) is 19.3 Å². The van der Waals surface area contributed by atoms with Gasteiger partial charge in [0.1, 0.15) is 23.2 Å². The molecule has 2 heterocycles. The maximum atomic E-state index is 14.5. The molecule has 0 radical (unpaired) electrons. The summed E-state index contributed by atoms with van der Waals surface area (Å²) >= 11 is 6.09. The normalized spacial score (nSPS) is 19.4. The van der Waals surface area contributed by atoms with E-state index in [1.165, 1.54) is 11.0 Å². The van der Waals surface area contributed by atoms with Crippen LogP contribution in [0, 0.1) is 11.6 Å². The van der Waals surface area contributed by atoms with Crippen LogP contribution >= 0.6 is 11.6 Å². The minimum Gasteiger partial charge on any atom is -0.534 e. The first kappa shape index (κ1) is 31.7. The third-order valence-corrected chi connectivity index (χ3v) is 8.14. The fraction of sp³-hybridized carbons (Fsp3) is 0.346. The van der Waals surface area contributed by atoms with Crippen molar-refractivity contribution in [3.05, 3.63) is 51.5 Å². The van der Waals surface area contributed by atoms with Gasteiger partial charge in [-0.05, 0) is 37.0 Å². The molecule has 2 aromatic rings. The number of piperazine rings is 1. The molecule has 2 aromatic carbocycles. The van der Waals surface area contributed by atoms with Crippen molar-refractivity contribution in [1.82, 2.24) is 20.4 Å². The van der Waals surface area contributed by atoms with Gasteiger partial charge in [0.25, 0.3) is 0 Å². The molecule has 5 amide bonds. The number of amides is 5. The number of hydrogen-bond donors (Lipinski definition) is 7. The van der Waals surface area contributed by atoms with Crippen molar-refractivity contribution in [3.8, 4) is 17.2 Å². The molecule has 0 unspecified atom stereocenters. The van der Waals surface area contributed by atoms with Crippen LogP contribution < -0.4 is 21.0 Å². The number of hydrogen-bond acceptors (Lipinski definition) is 10. The third kappa shape index (κ3) is 6.03. The van der Waals surface area contributed by atoms with Gasteiger partial charge in [0.15, 0.2) is 17.3 Å². The van der Waals surface area contributed by atoms with Crippen molar-refractivity contribution in [3.63, 3.8) is 0 Å². The van der Waals surface area contributed by atoms with Crippen molar-refractivity contribution in [2.24, 2.45) is 5.73 Å². The highest BCUT2D eigenvalue weighted by Crippen LogP contribution is 2.41. The molecule has 1 saturated heterocycles. The summed E-state index contributed by atoms with van der Waals surface area (Å²) in [6.07, 6.45) is 1.02. The van der Waals surface area contributed by atoms with Gasteiger partial charge in [-0.25, -0.2) is 18.4 Å². The Bertz CT molecular complexity index is 1640. The van der Waals surface area contributed by atoms with Crippen molar-refractivity contribution >= 4 is 48.4 Å². The van der Waals surface area contributed by atoms with Crippen LogP contribution in [0.1, 0.15) is 40.4 Å². The Kier molecular flexibility index (Phi) is 8.24. The lowest BCUT2D eigenvalue weighted by Gasteiger charge is -2.35. The molecule has 3 aliphatic rings. The van der Waals surface area contributed by atoms with E-state index in [0.717, 1.165) is 6.07 Å². The first-order valence-corrected chi connectivity index (χ1v) is 13.8. The molecule has 0 aromatic heterocycles. The number of nitrogens with two attached hydrogens (primary N) is 1. The van der Waals surface area contributed by atoms with Gasteiger partial charge >= 0.3 is 30.9 Å². The number of phenolic OH excluding ortho intramolecular Hbond substituents is 2. The first-order chi connectivity index (χ1) is 21.1. The molecule has 19 heteroatoms. The van der Waals surface area contributed by atoms with E-state index in [9.17, 15) is 53.1 Å². The summed E-state index contributed by atoms with van der Waals surface area (Å²) in [4.78, 5) is 65.6. The van der Waals surface area contributed by atoms with E-state index < -0.39 is 99.4 Å². The van der Waals surface area contributed by atoms with Crippen LogP contribution in [0.5, 0.6) is 17.2 Å². The second-order valence-electron chi connectivity index (χ2n) is 10.9. The quantitative estimate of drug-likeness (QED) is 0.117. The van der Waals surface area contributed by atoms with Gasteiger partial charge in [-0.2, -0.15) is 0 Å². The number of nitrogens with one attached hydrogen (secondary N) is 2. The zero-order valence-electron chi connectivity index (χ0n) is 23.1. The number of phenols is 2. The SMILES string of the molecule is NC1(CN2CCN(C(=O)N[C@@H](C(=O)N[C@H]3Cc4ccc(F)c(C(=O)O)c4OB3O)c3cc(F)c(O)c(O)c3Cl)C(=O)C2=O)CC1. The van der Waals surface area contributed by atoms with E-state index in [1.54, 1.807) is 0 Å². The van der Waals surface area contributed by atoms with E-state index in [0.29, 0.717) is 23.8 Å². The van der Waals surface area contributed by atoms with Gasteiger partial charge in [0.05, 0.1) is 11.0 Å². The van der Waals surface area contributed by atoms with Crippen LogP contribution in [-0.4, -0.2) is 98.1 Å². The zero-order valence-corrected chi connectivity index (χ0v) is 23.8. The van der Waals surface area contributed by atoms with Crippen LogP contribution in [0.15, 0.2) is 18.2 Å². The standard InChI is InChI=1S/C26H25BClF2N5O10/c28-16-11(8-13(30)18(36)19(16)37)17(33-25(43)35-6-5-34(22(39)23(35)40)9-26(31)3-4-26)21(38)32-14-7-10-1-2-12(29)15(24(41)42)20(10)45-27(14)44/h1-2,8,14,17,36-37,44H,3-7,9,31H2,(H,32,38)(H,33,43)(H,41,42)/t14-,17+/m0/s1. The van der Waals surface area contributed by atoms with Crippen LogP contribution in [0.2, 0.25) is 5.02 Å². The summed E-state index contributed by atoms with van der Waals surface area (Å²) in [5.74, 6) is -12.0. The monoisotopic (exact) mass is 651 g/mol. The number of carboxylic acid groups (broad SMARTS) is 1. The number of imide groups is 1. The number of fused-ring (bicyclic) bond motifs is 1. The molecule has 8 N–H and O–H groups in total. The number of nitrogens with zero attached hydrogens (tertiary/aromatic N) is 2. The molecule has 0 bridgehead atoms. The highest BCUT2D eigenvalue weighted by molar-refractivity contribution is 6.47. The topological polar surface area (TPSA) is 232 Å². The maximum Gasteiger partial charge on any atom is 0.547 e. The molecule has 238 valence electrons. The summed E-state index contributed by atoms with van der Waals surface area (Å²) in [5, 5.41) is 43.5. The van der Waals surface area contributed by atoms with Crippen LogP contribution in [0.25, 0.3) is 0 Å².